The Hall–Kier alpha value is -6.02. The van der Waals surface area contributed by atoms with Gasteiger partial charge in [0.25, 0.3) is 0 Å². The second-order valence-electron chi connectivity index (χ2n) is 11.4. The second-order valence-corrected chi connectivity index (χ2v) is 12.2. The zero-order valence-corrected chi connectivity index (χ0v) is 30.8. The molecule has 4 aromatic carbocycles. The van der Waals surface area contributed by atoms with E-state index in [0.717, 1.165) is 0 Å². The number of rotatable bonds is 7. The molecule has 0 radical (unpaired) electrons. The van der Waals surface area contributed by atoms with Crippen molar-refractivity contribution in [1.82, 2.24) is 9.97 Å². The fraction of sp³-hybridized carbons (Fsp3) is 0.194. The van der Waals surface area contributed by atoms with Crippen molar-refractivity contribution >= 4 is 96.0 Å². The maximum Gasteiger partial charge on any atom is 0.490 e. The molecule has 1 amide bonds. The number of carbonyl (C=O) groups excluding carboxylic acids is 1. The van der Waals surface area contributed by atoms with Crippen LogP contribution in [0.2, 0.25) is 10.0 Å². The maximum absolute atomic E-state index is 14.2. The number of nitrogens with one attached hydrogen (secondary N) is 1. The highest BCUT2D eigenvalue weighted by Crippen LogP contribution is 2.44. The van der Waals surface area contributed by atoms with Gasteiger partial charge in [-0.25, -0.2) is 19.6 Å². The molecule has 0 fully saturated rings. The van der Waals surface area contributed by atoms with Crippen LogP contribution in [0, 0.1) is 0 Å². The summed E-state index contributed by atoms with van der Waals surface area (Å²) in [6, 6.07) is 20.5. The molecule has 0 aliphatic rings. The van der Waals surface area contributed by atoms with E-state index in [4.69, 9.17) is 57.5 Å². The lowest BCUT2D eigenvalue weighted by Crippen LogP contribution is -2.43. The number of para-hydroxylation sites is 2. The molecule has 22 heteroatoms. The molecule has 6 aromatic rings. The molecule has 6 rings (SSSR count). The van der Waals surface area contributed by atoms with E-state index in [-0.39, 0.29) is 28.4 Å². The Morgan fingerprint density at radius 1 is 0.638 bits per heavy atom. The van der Waals surface area contributed by atoms with Crippen LogP contribution in [-0.2, 0) is 14.4 Å². The van der Waals surface area contributed by atoms with Gasteiger partial charge in [-0.05, 0) is 36.4 Å². The molecule has 0 saturated heterocycles. The van der Waals surface area contributed by atoms with E-state index in [1.807, 2.05) is 24.3 Å². The lowest BCUT2D eigenvalue weighted by atomic mass is 10.1. The van der Waals surface area contributed by atoms with E-state index in [1.54, 1.807) is 48.5 Å². The van der Waals surface area contributed by atoms with E-state index in [2.05, 4.69) is 10.3 Å². The smallest absolute Gasteiger partial charge is 0.490 e. The van der Waals surface area contributed by atoms with Crippen molar-refractivity contribution in [2.24, 2.45) is 0 Å². The number of halogens is 11. The third kappa shape index (κ3) is 9.91. The number of hydrogen-bond donors (Lipinski definition) is 3. The summed E-state index contributed by atoms with van der Waals surface area (Å²) in [4.78, 5) is 40.9. The monoisotopic (exact) mass is 866 g/mol. The molecule has 11 nitrogen and oxygen atoms in total. The Kier molecular flexibility index (Phi) is 13.6. The van der Waals surface area contributed by atoms with Gasteiger partial charge in [0.15, 0.2) is 0 Å². The van der Waals surface area contributed by atoms with Crippen LogP contribution in [0.4, 0.5) is 50.9 Å². The molecule has 0 unspecified atom stereocenters. The van der Waals surface area contributed by atoms with Gasteiger partial charge in [0.1, 0.15) is 11.5 Å². The average Bonchev–Trinajstić information content (AvgIpc) is 3.15. The number of carbonyl (C=O) groups is 3. The molecule has 58 heavy (non-hydrogen) atoms. The molecule has 0 aliphatic heterocycles. The van der Waals surface area contributed by atoms with Crippen LogP contribution in [-0.4, -0.2) is 83.9 Å². The number of methoxy groups -OCH3 is 2. The van der Waals surface area contributed by atoms with Gasteiger partial charge in [-0.2, -0.15) is 39.5 Å². The highest BCUT2D eigenvalue weighted by molar-refractivity contribution is 6.39. The Labute approximate surface area is 329 Å². The van der Waals surface area contributed by atoms with Crippen LogP contribution in [0.5, 0.6) is 11.5 Å². The zero-order chi connectivity index (χ0) is 43.3. The number of ether oxygens (including phenoxy) is 2. The standard InChI is InChI=1S/C32H23Cl2F3N4O3.2C2HF3O2/c1-43-23-13-11-21-25(27(23)33)29(17-7-3-5-9-19(17)39-21)38-15-16-41(31(42)32(35,36)37)30-18-8-4-6-10-20(18)40-22-12-14-24(44-2)28(34)26(22)30;2*3-2(4,5)1(6)7/h3-14H,15-16H2,1-2H3,(H,38,39);2*(H,6,7). The molecule has 308 valence electrons. The van der Waals surface area contributed by atoms with Crippen LogP contribution in [0.1, 0.15) is 0 Å². The minimum absolute atomic E-state index is 0.0252. The van der Waals surface area contributed by atoms with E-state index >= 15 is 0 Å². The van der Waals surface area contributed by atoms with Gasteiger partial charge in [-0.3, -0.25) is 4.79 Å². The van der Waals surface area contributed by atoms with Gasteiger partial charge in [-0.1, -0.05) is 59.6 Å². The van der Waals surface area contributed by atoms with Crippen molar-refractivity contribution < 1.29 is 73.6 Å². The Balaban J connectivity index is 0.000000456. The van der Waals surface area contributed by atoms with Crippen LogP contribution in [0.25, 0.3) is 43.6 Å². The normalized spacial score (nSPS) is 11.7. The van der Waals surface area contributed by atoms with Gasteiger partial charge in [0.2, 0.25) is 0 Å². The number of aromatic nitrogens is 2. The number of benzene rings is 4. The predicted molar refractivity (Wildman–Crippen MR) is 196 cm³/mol. The van der Waals surface area contributed by atoms with Crippen molar-refractivity contribution in [3.05, 3.63) is 82.8 Å². The summed E-state index contributed by atoms with van der Waals surface area (Å²) in [5.74, 6) is -6.93. The summed E-state index contributed by atoms with van der Waals surface area (Å²) in [5, 5.41) is 19.5. The van der Waals surface area contributed by atoms with E-state index < -0.39 is 42.9 Å². The van der Waals surface area contributed by atoms with Gasteiger partial charge in [0, 0.05) is 34.6 Å². The highest BCUT2D eigenvalue weighted by atomic mass is 35.5. The first-order valence-corrected chi connectivity index (χ1v) is 16.6. The van der Waals surface area contributed by atoms with Crippen LogP contribution >= 0.6 is 23.2 Å². The molecule has 2 aromatic heterocycles. The Morgan fingerprint density at radius 3 is 1.50 bits per heavy atom. The quantitative estimate of drug-likeness (QED) is 0.105. The van der Waals surface area contributed by atoms with Crippen LogP contribution in [0.15, 0.2) is 72.8 Å². The number of amides is 1. The predicted octanol–water partition coefficient (Wildman–Crippen LogP) is 9.69. The first-order valence-electron chi connectivity index (χ1n) is 15.9. The molecule has 0 spiro atoms. The minimum Gasteiger partial charge on any atom is -0.495 e. The highest BCUT2D eigenvalue weighted by Gasteiger charge is 2.44. The molecule has 3 N–H and O–H groups in total. The Morgan fingerprint density at radius 2 is 1.05 bits per heavy atom. The third-order valence-electron chi connectivity index (χ3n) is 7.79. The molecular formula is C36H25Cl2F9N4O7. The van der Waals surface area contributed by atoms with Crippen molar-refractivity contribution in [2.75, 3.05) is 37.5 Å². The number of nitrogens with zero attached hydrogens (tertiary/aromatic N) is 3. The van der Waals surface area contributed by atoms with Crippen molar-refractivity contribution in [3.63, 3.8) is 0 Å². The average molecular weight is 868 g/mol. The fourth-order valence-corrected chi connectivity index (χ4v) is 6.02. The van der Waals surface area contributed by atoms with Gasteiger partial charge >= 0.3 is 36.4 Å². The van der Waals surface area contributed by atoms with Crippen LogP contribution in [0.3, 0.4) is 0 Å². The van der Waals surface area contributed by atoms with E-state index in [9.17, 15) is 44.3 Å². The van der Waals surface area contributed by atoms with Gasteiger partial charge in [0.05, 0.1) is 57.7 Å². The summed E-state index contributed by atoms with van der Waals surface area (Å²) in [7, 11) is 2.88. The first-order chi connectivity index (χ1) is 27.0. The van der Waals surface area contributed by atoms with E-state index in [1.165, 1.54) is 14.2 Å². The lowest BCUT2D eigenvalue weighted by molar-refractivity contribution is -0.193. The molecule has 0 bridgehead atoms. The first kappa shape index (κ1) is 44.7. The molecule has 0 atom stereocenters. The van der Waals surface area contributed by atoms with Crippen molar-refractivity contribution in [1.29, 1.82) is 0 Å². The summed E-state index contributed by atoms with van der Waals surface area (Å²) < 4.78 is 117. The van der Waals surface area contributed by atoms with E-state index in [0.29, 0.717) is 59.6 Å². The summed E-state index contributed by atoms with van der Waals surface area (Å²) >= 11 is 13.4. The molecule has 2 heterocycles. The number of carboxylic acids is 2. The van der Waals surface area contributed by atoms with Crippen molar-refractivity contribution in [3.8, 4) is 11.5 Å². The number of carboxylic acid groups (broad SMARTS) is 2. The van der Waals surface area contributed by atoms with Crippen molar-refractivity contribution in [2.45, 2.75) is 18.5 Å². The Bertz CT molecular complexity index is 2490. The molecular weight excluding hydrogens is 842 g/mol. The summed E-state index contributed by atoms with van der Waals surface area (Å²) in [5.41, 5.74) is 2.43. The number of alkyl halides is 9. The number of aliphatic carboxylic acids is 2. The lowest BCUT2D eigenvalue weighted by Gasteiger charge is -2.27. The molecule has 0 saturated carbocycles. The minimum atomic E-state index is -5.19. The maximum atomic E-state index is 14.2. The summed E-state index contributed by atoms with van der Waals surface area (Å²) in [6.45, 7) is -0.493. The SMILES string of the molecule is COc1ccc2nc3ccccc3c(NCCN(C(=O)C(F)(F)F)c3c4ccccc4nc4ccc(OC)c(Cl)c34)c2c1Cl.O=C(O)C(F)(F)F.O=C(O)C(F)(F)F. The summed E-state index contributed by atoms with van der Waals surface area (Å²) in [6.07, 6.45) is -15.4. The number of hydrogen-bond acceptors (Lipinski definition) is 8. The zero-order valence-electron chi connectivity index (χ0n) is 29.3. The third-order valence-corrected chi connectivity index (χ3v) is 8.54. The topological polar surface area (TPSA) is 151 Å². The number of anilines is 2. The largest absolute Gasteiger partial charge is 0.495 e. The molecule has 0 aliphatic carbocycles. The number of pyridine rings is 2. The second kappa shape index (κ2) is 17.6. The van der Waals surface area contributed by atoms with Gasteiger partial charge < -0.3 is 29.9 Å². The number of fused-ring (bicyclic) bond motifs is 4. The fourth-order valence-electron chi connectivity index (χ4n) is 5.37. The van der Waals surface area contributed by atoms with Crippen LogP contribution < -0.4 is 19.7 Å². The van der Waals surface area contributed by atoms with Gasteiger partial charge in [-0.15, -0.1) is 0 Å².